The summed E-state index contributed by atoms with van der Waals surface area (Å²) in [6.07, 6.45) is -1.32. The Bertz CT molecular complexity index is 745. The van der Waals surface area contributed by atoms with Crippen molar-refractivity contribution in [1.29, 1.82) is 0 Å². The lowest BCUT2D eigenvalue weighted by Crippen LogP contribution is -2.27. The van der Waals surface area contributed by atoms with Crippen LogP contribution in [-0.2, 0) is 11.2 Å². The summed E-state index contributed by atoms with van der Waals surface area (Å²) < 4.78 is 45.4. The minimum atomic E-state index is -4.42. The van der Waals surface area contributed by atoms with Gasteiger partial charge in [0.2, 0.25) is 0 Å². The van der Waals surface area contributed by atoms with Crippen LogP contribution < -0.4 is 5.32 Å². The van der Waals surface area contributed by atoms with Crippen molar-refractivity contribution < 1.29 is 17.9 Å². The lowest BCUT2D eigenvalue weighted by molar-refractivity contribution is -0.144. The second-order valence-electron chi connectivity index (χ2n) is 6.15. The minimum Gasteiger partial charge on any atom is -0.481 e. The van der Waals surface area contributed by atoms with Crippen LogP contribution in [0, 0.1) is 0 Å². The van der Waals surface area contributed by atoms with E-state index in [1.165, 1.54) is 30.7 Å². The van der Waals surface area contributed by atoms with Crippen molar-refractivity contribution in [2.24, 2.45) is 4.99 Å². The highest BCUT2D eigenvalue weighted by molar-refractivity contribution is 6.30. The maximum atomic E-state index is 13.4. The summed E-state index contributed by atoms with van der Waals surface area (Å²) >= 11 is 5.77. The maximum absolute atomic E-state index is 13.4. The Kier molecular flexibility index (Phi) is 5.71. The van der Waals surface area contributed by atoms with Crippen molar-refractivity contribution in [3.8, 4) is 0 Å². The van der Waals surface area contributed by atoms with Crippen molar-refractivity contribution in [3.63, 3.8) is 0 Å². The zero-order chi connectivity index (χ0) is 18.6. The molecule has 7 heteroatoms. The summed E-state index contributed by atoms with van der Waals surface area (Å²) in [5.74, 6) is 0. The molecule has 0 fully saturated rings. The topological polar surface area (TPSA) is 33.6 Å². The molecule has 1 unspecified atom stereocenters. The Hall–Kier alpha value is -2.21. The van der Waals surface area contributed by atoms with E-state index in [9.17, 15) is 13.2 Å². The molecule has 2 atom stereocenters. The van der Waals surface area contributed by atoms with Crippen LogP contribution in [0.2, 0.25) is 5.02 Å². The zero-order valence-electron chi connectivity index (χ0n) is 13.8. The van der Waals surface area contributed by atoms with E-state index in [0.29, 0.717) is 17.3 Å². The number of hydrogen-bond donors (Lipinski definition) is 1. The largest absolute Gasteiger partial charge is 0.481 e. The van der Waals surface area contributed by atoms with Crippen LogP contribution in [0.1, 0.15) is 23.6 Å². The first kappa shape index (κ1) is 18.6. The van der Waals surface area contributed by atoms with Gasteiger partial charge in [-0.25, -0.2) is 0 Å². The number of alkyl halides is 3. The smallest absolute Gasteiger partial charge is 0.412 e. The Morgan fingerprint density at radius 1 is 1.12 bits per heavy atom. The van der Waals surface area contributed by atoms with Crippen LogP contribution in [0.25, 0.3) is 0 Å². The quantitative estimate of drug-likeness (QED) is 0.724. The van der Waals surface area contributed by atoms with Gasteiger partial charge >= 0.3 is 6.18 Å². The third-order valence-corrected chi connectivity index (χ3v) is 4.45. The molecule has 0 aromatic heterocycles. The summed E-state index contributed by atoms with van der Waals surface area (Å²) in [6, 6.07) is 11.0. The van der Waals surface area contributed by atoms with E-state index in [1.54, 1.807) is 12.1 Å². The summed E-state index contributed by atoms with van der Waals surface area (Å²) in [4.78, 5) is 4.18. The molecule has 0 spiro atoms. The van der Waals surface area contributed by atoms with Gasteiger partial charge in [0.05, 0.1) is 6.04 Å². The molecule has 0 radical (unpaired) electrons. The van der Waals surface area contributed by atoms with Gasteiger partial charge in [0.1, 0.15) is 12.6 Å². The Morgan fingerprint density at radius 3 is 2.38 bits per heavy atom. The summed E-state index contributed by atoms with van der Waals surface area (Å²) in [5.41, 5.74) is 1.58. The van der Waals surface area contributed by atoms with Gasteiger partial charge < -0.3 is 10.1 Å². The highest BCUT2D eigenvalue weighted by atomic mass is 35.5. The SMILES string of the molecule is FC(F)(F)C(Nc1ccc(CC[C@H]2COC=N2)cc1)c1ccc(Cl)cc1. The van der Waals surface area contributed by atoms with Crippen LogP contribution in [0.4, 0.5) is 18.9 Å². The second-order valence-corrected chi connectivity index (χ2v) is 6.58. The molecule has 1 aliphatic rings. The van der Waals surface area contributed by atoms with Crippen molar-refractivity contribution >= 4 is 23.7 Å². The standard InChI is InChI=1S/C19H18ClF3N2O/c20-15-6-4-14(5-7-15)18(19(21,22)23)25-16-8-1-13(2-9-16)3-10-17-11-26-12-24-17/h1-2,4-9,12,17-18,25H,3,10-11H2/t17-,18?/m0/s1. The van der Waals surface area contributed by atoms with E-state index in [-0.39, 0.29) is 11.6 Å². The van der Waals surface area contributed by atoms with Gasteiger partial charge in [-0.15, -0.1) is 0 Å². The molecule has 1 heterocycles. The number of rotatable bonds is 6. The third-order valence-electron chi connectivity index (χ3n) is 4.20. The van der Waals surface area contributed by atoms with E-state index >= 15 is 0 Å². The molecule has 2 aromatic rings. The molecule has 1 N–H and O–H groups in total. The van der Waals surface area contributed by atoms with Crippen molar-refractivity contribution in [2.75, 3.05) is 11.9 Å². The van der Waals surface area contributed by atoms with Gasteiger partial charge in [-0.05, 0) is 48.2 Å². The number of anilines is 1. The van der Waals surface area contributed by atoms with Crippen LogP contribution >= 0.6 is 11.6 Å². The first-order valence-electron chi connectivity index (χ1n) is 8.23. The molecular weight excluding hydrogens is 365 g/mol. The lowest BCUT2D eigenvalue weighted by atomic mass is 10.0. The lowest BCUT2D eigenvalue weighted by Gasteiger charge is -2.23. The third kappa shape index (κ3) is 4.91. The van der Waals surface area contributed by atoms with E-state index in [1.807, 2.05) is 12.1 Å². The molecule has 2 aromatic carbocycles. The molecule has 3 rings (SSSR count). The highest BCUT2D eigenvalue weighted by Crippen LogP contribution is 2.36. The van der Waals surface area contributed by atoms with E-state index in [2.05, 4.69) is 10.3 Å². The number of nitrogens with zero attached hydrogens (tertiary/aromatic N) is 1. The normalized spacial score (nSPS) is 17.8. The van der Waals surface area contributed by atoms with E-state index in [4.69, 9.17) is 16.3 Å². The van der Waals surface area contributed by atoms with Crippen LogP contribution in [0.5, 0.6) is 0 Å². The van der Waals surface area contributed by atoms with Gasteiger partial charge in [0.15, 0.2) is 6.40 Å². The van der Waals surface area contributed by atoms with Crippen LogP contribution in [0.15, 0.2) is 53.5 Å². The predicted molar refractivity (Wildman–Crippen MR) is 96.9 cm³/mol. The van der Waals surface area contributed by atoms with E-state index < -0.39 is 12.2 Å². The Balaban J connectivity index is 1.66. The van der Waals surface area contributed by atoms with Crippen LogP contribution in [-0.4, -0.2) is 25.2 Å². The average molecular weight is 383 g/mol. The predicted octanol–water partition coefficient (Wildman–Crippen LogP) is 5.42. The molecule has 138 valence electrons. The summed E-state index contributed by atoms with van der Waals surface area (Å²) in [5, 5.41) is 2.97. The number of nitrogens with one attached hydrogen (secondary N) is 1. The molecule has 26 heavy (non-hydrogen) atoms. The summed E-state index contributed by atoms with van der Waals surface area (Å²) in [7, 11) is 0. The van der Waals surface area contributed by atoms with E-state index in [0.717, 1.165) is 18.4 Å². The molecule has 0 bridgehead atoms. The number of halogens is 4. The van der Waals surface area contributed by atoms with Crippen molar-refractivity contribution in [3.05, 3.63) is 64.7 Å². The second kappa shape index (κ2) is 7.99. The number of hydrogen-bond acceptors (Lipinski definition) is 3. The minimum absolute atomic E-state index is 0.116. The number of aryl methyl sites for hydroxylation is 1. The molecule has 3 nitrogen and oxygen atoms in total. The van der Waals surface area contributed by atoms with Crippen molar-refractivity contribution in [2.45, 2.75) is 31.1 Å². The average Bonchev–Trinajstić information content (AvgIpc) is 3.12. The molecule has 0 saturated carbocycles. The molecular formula is C19H18ClF3N2O. The monoisotopic (exact) mass is 382 g/mol. The number of aliphatic imine (C=N–C) groups is 1. The van der Waals surface area contributed by atoms with Gasteiger partial charge in [0, 0.05) is 10.7 Å². The Morgan fingerprint density at radius 2 is 1.81 bits per heavy atom. The fraction of sp³-hybridized carbons (Fsp3) is 0.316. The van der Waals surface area contributed by atoms with Gasteiger partial charge in [0.25, 0.3) is 0 Å². The zero-order valence-corrected chi connectivity index (χ0v) is 14.6. The molecule has 0 saturated heterocycles. The van der Waals surface area contributed by atoms with Crippen LogP contribution in [0.3, 0.4) is 0 Å². The first-order valence-corrected chi connectivity index (χ1v) is 8.60. The highest BCUT2D eigenvalue weighted by Gasteiger charge is 2.40. The molecule has 0 amide bonds. The van der Waals surface area contributed by atoms with Gasteiger partial charge in [-0.2, -0.15) is 13.2 Å². The summed E-state index contributed by atoms with van der Waals surface area (Å²) in [6.45, 7) is 0.591. The van der Waals surface area contributed by atoms with Gasteiger partial charge in [-0.3, -0.25) is 4.99 Å². The molecule has 0 aliphatic carbocycles. The number of ether oxygens (including phenoxy) is 1. The van der Waals surface area contributed by atoms with Crippen molar-refractivity contribution in [1.82, 2.24) is 0 Å². The maximum Gasteiger partial charge on any atom is 0.412 e. The first-order chi connectivity index (χ1) is 12.4. The fourth-order valence-corrected chi connectivity index (χ4v) is 2.89. The van der Waals surface area contributed by atoms with Gasteiger partial charge in [-0.1, -0.05) is 35.9 Å². The Labute approximate surface area is 154 Å². The molecule has 1 aliphatic heterocycles. The number of benzene rings is 2. The fourth-order valence-electron chi connectivity index (χ4n) is 2.76.